The van der Waals surface area contributed by atoms with E-state index in [1.807, 2.05) is 0 Å². The van der Waals surface area contributed by atoms with Crippen molar-refractivity contribution in [3.05, 3.63) is 58.8 Å². The van der Waals surface area contributed by atoms with Gasteiger partial charge in [0.25, 0.3) is 5.56 Å². The Hall–Kier alpha value is -2.10. The minimum atomic E-state index is -0.567. The number of nitrogens with zero attached hydrogens (tertiary/aromatic N) is 1. The Morgan fingerprint density at radius 1 is 1.20 bits per heavy atom. The van der Waals surface area contributed by atoms with Crippen LogP contribution < -0.4 is 5.56 Å². The Balaban J connectivity index is 2.65. The summed E-state index contributed by atoms with van der Waals surface area (Å²) >= 11 is 0. The van der Waals surface area contributed by atoms with Crippen molar-refractivity contribution in [3.8, 4) is 11.4 Å². The summed E-state index contributed by atoms with van der Waals surface area (Å²) in [4.78, 5) is 11.5. The van der Waals surface area contributed by atoms with Gasteiger partial charge in [-0.2, -0.15) is 0 Å². The molecule has 0 unspecified atom stereocenters. The highest BCUT2D eigenvalue weighted by atomic mass is 19.1. The van der Waals surface area contributed by atoms with Gasteiger partial charge in [-0.15, -0.1) is 0 Å². The van der Waals surface area contributed by atoms with Crippen LogP contribution in [-0.4, -0.2) is 9.67 Å². The van der Waals surface area contributed by atoms with Gasteiger partial charge in [0.1, 0.15) is 5.82 Å². The van der Waals surface area contributed by atoms with E-state index in [4.69, 9.17) is 0 Å². The van der Waals surface area contributed by atoms with Crippen LogP contribution in [0.3, 0.4) is 0 Å². The second-order valence-electron chi connectivity index (χ2n) is 3.05. The number of rotatable bonds is 1. The van der Waals surface area contributed by atoms with Crippen molar-refractivity contribution in [2.24, 2.45) is 0 Å². The Morgan fingerprint density at radius 3 is 2.73 bits per heavy atom. The molecule has 0 spiro atoms. The van der Waals surface area contributed by atoms with Crippen LogP contribution >= 0.6 is 0 Å². The van der Waals surface area contributed by atoms with Crippen molar-refractivity contribution >= 4 is 0 Å². The van der Waals surface area contributed by atoms with Crippen molar-refractivity contribution in [2.45, 2.75) is 0 Å². The summed E-state index contributed by atoms with van der Waals surface area (Å²) in [6.07, 6.45) is 1.47. The quantitative estimate of drug-likeness (QED) is 0.769. The topological polar surface area (TPSA) is 42.2 Å². The smallest absolute Gasteiger partial charge is 0.297 e. The van der Waals surface area contributed by atoms with Crippen molar-refractivity contribution in [3.63, 3.8) is 0 Å². The number of halogens is 1. The number of benzene rings is 1. The maximum atomic E-state index is 12.9. The molecule has 0 saturated carbocycles. The van der Waals surface area contributed by atoms with Crippen LogP contribution in [-0.2, 0) is 0 Å². The molecule has 0 aliphatic carbocycles. The Morgan fingerprint density at radius 2 is 2.00 bits per heavy atom. The third-order valence-corrected chi connectivity index (χ3v) is 2.01. The van der Waals surface area contributed by atoms with Crippen LogP contribution in [0.2, 0.25) is 0 Å². The average molecular weight is 205 g/mol. The lowest BCUT2D eigenvalue weighted by atomic mass is 10.3. The fourth-order valence-corrected chi connectivity index (χ4v) is 1.31. The van der Waals surface area contributed by atoms with Gasteiger partial charge in [0.05, 0.1) is 5.69 Å². The second kappa shape index (κ2) is 3.57. The van der Waals surface area contributed by atoms with Gasteiger partial charge >= 0.3 is 0 Å². The molecule has 1 aromatic carbocycles. The van der Waals surface area contributed by atoms with Gasteiger partial charge in [0.2, 0.25) is 0 Å². The lowest BCUT2D eigenvalue weighted by molar-refractivity contribution is 0.463. The lowest BCUT2D eigenvalue weighted by Gasteiger charge is -2.05. The Bertz CT molecular complexity index is 548. The number of aromatic nitrogens is 1. The summed E-state index contributed by atoms with van der Waals surface area (Å²) in [5, 5.41) is 9.20. The van der Waals surface area contributed by atoms with E-state index in [2.05, 4.69) is 0 Å². The van der Waals surface area contributed by atoms with Crippen LogP contribution in [0.4, 0.5) is 4.39 Å². The molecule has 1 heterocycles. The first-order valence-electron chi connectivity index (χ1n) is 4.35. The minimum Gasteiger partial charge on any atom is -0.503 e. The first kappa shape index (κ1) is 9.45. The van der Waals surface area contributed by atoms with Crippen molar-refractivity contribution < 1.29 is 9.50 Å². The van der Waals surface area contributed by atoms with Crippen LogP contribution in [0.5, 0.6) is 5.75 Å². The molecule has 2 aromatic rings. The number of hydrogen-bond acceptors (Lipinski definition) is 2. The van der Waals surface area contributed by atoms with Gasteiger partial charge in [0.15, 0.2) is 5.75 Å². The van der Waals surface area contributed by atoms with Crippen LogP contribution in [0, 0.1) is 5.82 Å². The van der Waals surface area contributed by atoms with Crippen LogP contribution in [0.15, 0.2) is 47.4 Å². The maximum absolute atomic E-state index is 12.9. The lowest BCUT2D eigenvalue weighted by Crippen LogP contribution is -2.16. The number of pyridine rings is 1. The van der Waals surface area contributed by atoms with Crippen LogP contribution in [0.25, 0.3) is 5.69 Å². The fourth-order valence-electron chi connectivity index (χ4n) is 1.31. The van der Waals surface area contributed by atoms with E-state index in [-0.39, 0.29) is 5.75 Å². The monoisotopic (exact) mass is 205 g/mol. The summed E-state index contributed by atoms with van der Waals surface area (Å²) < 4.78 is 14.1. The van der Waals surface area contributed by atoms with Gasteiger partial charge in [-0.3, -0.25) is 9.36 Å². The molecule has 4 heteroatoms. The first-order valence-corrected chi connectivity index (χ1v) is 4.35. The summed E-state index contributed by atoms with van der Waals surface area (Å²) in [6.45, 7) is 0. The van der Waals surface area contributed by atoms with E-state index < -0.39 is 11.4 Å². The molecule has 0 aliphatic rings. The molecule has 0 radical (unpaired) electrons. The predicted molar refractivity (Wildman–Crippen MR) is 53.7 cm³/mol. The molecule has 0 aliphatic heterocycles. The zero-order chi connectivity index (χ0) is 10.8. The molecular formula is C11H8FNO2. The largest absolute Gasteiger partial charge is 0.503 e. The van der Waals surface area contributed by atoms with E-state index in [1.165, 1.54) is 41.1 Å². The predicted octanol–water partition coefficient (Wildman–Crippen LogP) is 1.68. The molecule has 0 fully saturated rings. The number of hydrogen-bond donors (Lipinski definition) is 1. The highest BCUT2D eigenvalue weighted by Crippen LogP contribution is 2.09. The molecule has 3 nitrogen and oxygen atoms in total. The highest BCUT2D eigenvalue weighted by Gasteiger charge is 2.03. The molecule has 15 heavy (non-hydrogen) atoms. The van der Waals surface area contributed by atoms with Crippen molar-refractivity contribution in [1.29, 1.82) is 0 Å². The van der Waals surface area contributed by atoms with E-state index in [0.717, 1.165) is 0 Å². The van der Waals surface area contributed by atoms with Crippen molar-refractivity contribution in [1.82, 2.24) is 4.57 Å². The Kier molecular flexibility index (Phi) is 2.25. The Labute approximate surface area is 85.0 Å². The average Bonchev–Trinajstić information content (AvgIpc) is 2.22. The molecule has 76 valence electrons. The zero-order valence-electron chi connectivity index (χ0n) is 7.72. The second-order valence-corrected chi connectivity index (χ2v) is 3.05. The minimum absolute atomic E-state index is 0.359. The van der Waals surface area contributed by atoms with E-state index in [9.17, 15) is 14.3 Å². The summed E-state index contributed by atoms with van der Waals surface area (Å²) in [5.74, 6) is -0.787. The SMILES string of the molecule is O=c1c(O)cccn1-c1cccc(F)c1. The fraction of sp³-hybridized carbons (Fsp3) is 0. The molecule has 0 bridgehead atoms. The van der Waals surface area contributed by atoms with Gasteiger partial charge in [-0.1, -0.05) is 6.07 Å². The number of aromatic hydroxyl groups is 1. The van der Waals surface area contributed by atoms with Gasteiger partial charge in [-0.25, -0.2) is 4.39 Å². The maximum Gasteiger partial charge on any atom is 0.297 e. The highest BCUT2D eigenvalue weighted by molar-refractivity contribution is 5.34. The van der Waals surface area contributed by atoms with E-state index in [1.54, 1.807) is 6.07 Å². The van der Waals surface area contributed by atoms with Gasteiger partial charge in [0, 0.05) is 6.20 Å². The molecule has 0 atom stereocenters. The van der Waals surface area contributed by atoms with E-state index >= 15 is 0 Å². The van der Waals surface area contributed by atoms with E-state index in [0.29, 0.717) is 5.69 Å². The first-order chi connectivity index (χ1) is 7.18. The zero-order valence-corrected chi connectivity index (χ0v) is 7.72. The van der Waals surface area contributed by atoms with Crippen LogP contribution in [0.1, 0.15) is 0 Å². The summed E-state index contributed by atoms with van der Waals surface area (Å²) in [6, 6.07) is 8.41. The third-order valence-electron chi connectivity index (χ3n) is 2.01. The molecule has 0 saturated heterocycles. The summed E-state index contributed by atoms with van der Waals surface area (Å²) in [7, 11) is 0. The summed E-state index contributed by atoms with van der Waals surface area (Å²) in [5.41, 5.74) is -0.181. The molecular weight excluding hydrogens is 197 g/mol. The molecule has 1 aromatic heterocycles. The standard InChI is InChI=1S/C11H8FNO2/c12-8-3-1-4-9(7-8)13-6-2-5-10(14)11(13)15/h1-7,14H. The third kappa shape index (κ3) is 1.74. The molecule has 0 amide bonds. The normalized spacial score (nSPS) is 10.2. The van der Waals surface area contributed by atoms with Gasteiger partial charge < -0.3 is 5.11 Å². The molecule has 1 N–H and O–H groups in total. The van der Waals surface area contributed by atoms with Gasteiger partial charge in [-0.05, 0) is 30.3 Å². The van der Waals surface area contributed by atoms with Crippen molar-refractivity contribution in [2.75, 3.05) is 0 Å². The molecule has 2 rings (SSSR count).